The third-order valence-corrected chi connectivity index (χ3v) is 0.850. The average molecular weight is 110 g/mol. The summed E-state index contributed by atoms with van der Waals surface area (Å²) in [6.45, 7) is 0.693. The maximum atomic E-state index is 8.22. The first-order valence-corrected chi connectivity index (χ1v) is 2.38. The van der Waals surface area contributed by atoms with Gasteiger partial charge in [0.25, 0.3) is 0 Å². The largest absolute Gasteiger partial charge is 0.279 e. The Morgan fingerprint density at radius 1 is 1.88 bits per heavy atom. The highest BCUT2D eigenvalue weighted by molar-refractivity contribution is 5.04. The number of nitrogens with zero attached hydrogens (tertiary/aromatic N) is 1. The van der Waals surface area contributed by atoms with Gasteiger partial charge in [0.15, 0.2) is 6.10 Å². The van der Waals surface area contributed by atoms with Crippen LogP contribution >= 0.6 is 0 Å². The van der Waals surface area contributed by atoms with Crippen LogP contribution in [0.4, 0.5) is 0 Å². The van der Waals surface area contributed by atoms with E-state index in [-0.39, 0.29) is 0 Å². The second-order valence-corrected chi connectivity index (χ2v) is 1.44. The molecule has 8 heavy (non-hydrogen) atoms. The highest BCUT2D eigenvalue weighted by atomic mass is 16.7. The van der Waals surface area contributed by atoms with Gasteiger partial charge in [-0.15, -0.1) is 0 Å². The SMILES string of the molecule is N#CC1C=CCNO1. The van der Waals surface area contributed by atoms with E-state index in [0.717, 1.165) is 0 Å². The normalized spacial score (nSPS) is 27.1. The molecule has 1 aliphatic rings. The molecular weight excluding hydrogens is 104 g/mol. The molecule has 0 saturated heterocycles. The van der Waals surface area contributed by atoms with Gasteiger partial charge >= 0.3 is 0 Å². The van der Waals surface area contributed by atoms with E-state index in [2.05, 4.69) is 5.48 Å². The monoisotopic (exact) mass is 110 g/mol. The standard InChI is InChI=1S/C5H6N2O/c6-4-5-2-1-3-7-8-5/h1-2,5,7H,3H2. The van der Waals surface area contributed by atoms with E-state index in [9.17, 15) is 0 Å². The smallest absolute Gasteiger partial charge is 0.183 e. The third-order valence-electron chi connectivity index (χ3n) is 0.850. The van der Waals surface area contributed by atoms with Crippen LogP contribution in [-0.2, 0) is 4.84 Å². The first-order chi connectivity index (χ1) is 3.93. The minimum Gasteiger partial charge on any atom is -0.279 e. The second-order valence-electron chi connectivity index (χ2n) is 1.44. The molecule has 1 unspecified atom stereocenters. The van der Waals surface area contributed by atoms with Crippen LogP contribution in [-0.4, -0.2) is 12.6 Å². The maximum Gasteiger partial charge on any atom is 0.183 e. The van der Waals surface area contributed by atoms with Crippen molar-refractivity contribution in [2.75, 3.05) is 6.54 Å². The molecule has 0 spiro atoms. The van der Waals surface area contributed by atoms with Crippen molar-refractivity contribution < 1.29 is 4.84 Å². The van der Waals surface area contributed by atoms with Crippen molar-refractivity contribution in [3.05, 3.63) is 12.2 Å². The highest BCUT2D eigenvalue weighted by Gasteiger charge is 2.03. The Morgan fingerprint density at radius 3 is 3.12 bits per heavy atom. The quantitative estimate of drug-likeness (QED) is 0.445. The lowest BCUT2D eigenvalue weighted by Crippen LogP contribution is -2.25. The van der Waals surface area contributed by atoms with E-state index >= 15 is 0 Å². The van der Waals surface area contributed by atoms with Gasteiger partial charge in [-0.05, 0) is 6.08 Å². The zero-order valence-electron chi connectivity index (χ0n) is 4.29. The lowest BCUT2D eigenvalue weighted by molar-refractivity contribution is 0.0266. The molecule has 0 aromatic heterocycles. The second kappa shape index (κ2) is 2.46. The fraction of sp³-hybridized carbons (Fsp3) is 0.400. The molecule has 1 rings (SSSR count). The van der Waals surface area contributed by atoms with Crippen molar-refractivity contribution in [1.82, 2.24) is 5.48 Å². The van der Waals surface area contributed by atoms with Crippen LogP contribution in [0.3, 0.4) is 0 Å². The Labute approximate surface area is 47.5 Å². The van der Waals surface area contributed by atoms with Gasteiger partial charge < -0.3 is 0 Å². The molecule has 0 aromatic carbocycles. The Balaban J connectivity index is 2.46. The first-order valence-electron chi connectivity index (χ1n) is 2.38. The average Bonchev–Trinajstić information content (AvgIpc) is 1.90. The summed E-state index contributed by atoms with van der Waals surface area (Å²) in [5.74, 6) is 0. The van der Waals surface area contributed by atoms with Crippen LogP contribution in [0.25, 0.3) is 0 Å². The number of rotatable bonds is 0. The van der Waals surface area contributed by atoms with Crippen molar-refractivity contribution in [1.29, 1.82) is 5.26 Å². The van der Waals surface area contributed by atoms with Gasteiger partial charge in [0.05, 0.1) is 0 Å². The van der Waals surface area contributed by atoms with Crippen molar-refractivity contribution in [2.24, 2.45) is 0 Å². The van der Waals surface area contributed by atoms with Crippen LogP contribution in [0.2, 0.25) is 0 Å². The highest BCUT2D eigenvalue weighted by Crippen LogP contribution is 1.93. The van der Waals surface area contributed by atoms with Crippen LogP contribution in [0.15, 0.2) is 12.2 Å². The molecule has 0 amide bonds. The lowest BCUT2D eigenvalue weighted by atomic mass is 10.3. The molecule has 0 radical (unpaired) electrons. The Kier molecular flexibility index (Phi) is 1.62. The van der Waals surface area contributed by atoms with Gasteiger partial charge in [-0.3, -0.25) is 4.84 Å². The molecule has 1 heterocycles. The predicted molar refractivity (Wildman–Crippen MR) is 27.6 cm³/mol. The zero-order valence-corrected chi connectivity index (χ0v) is 4.29. The van der Waals surface area contributed by atoms with Gasteiger partial charge in [-0.2, -0.15) is 10.7 Å². The number of hydroxylamine groups is 1. The minimum absolute atomic E-state index is 0.399. The molecule has 1 N–H and O–H groups in total. The summed E-state index contributed by atoms with van der Waals surface area (Å²) < 4.78 is 0. The number of hydrogen-bond donors (Lipinski definition) is 1. The van der Waals surface area contributed by atoms with Crippen LogP contribution in [0, 0.1) is 11.3 Å². The number of nitrogens with one attached hydrogen (secondary N) is 1. The van der Waals surface area contributed by atoms with E-state index in [1.54, 1.807) is 6.08 Å². The summed E-state index contributed by atoms with van der Waals surface area (Å²) in [6.07, 6.45) is 3.18. The topological polar surface area (TPSA) is 45.0 Å². The zero-order chi connectivity index (χ0) is 5.82. The van der Waals surface area contributed by atoms with Crippen LogP contribution < -0.4 is 5.48 Å². The molecule has 1 atom stereocenters. The Morgan fingerprint density at radius 2 is 2.75 bits per heavy atom. The minimum atomic E-state index is -0.399. The lowest BCUT2D eigenvalue weighted by Gasteiger charge is -2.09. The van der Waals surface area contributed by atoms with E-state index < -0.39 is 6.10 Å². The van der Waals surface area contributed by atoms with Crippen molar-refractivity contribution in [3.8, 4) is 6.07 Å². The Bertz CT molecular complexity index is 136. The van der Waals surface area contributed by atoms with Crippen molar-refractivity contribution in [3.63, 3.8) is 0 Å². The molecule has 42 valence electrons. The fourth-order valence-electron chi connectivity index (χ4n) is 0.486. The molecule has 0 saturated carbocycles. The van der Waals surface area contributed by atoms with E-state index in [1.165, 1.54) is 0 Å². The van der Waals surface area contributed by atoms with E-state index in [4.69, 9.17) is 10.1 Å². The molecular formula is C5H6N2O. The third kappa shape index (κ3) is 1.06. The maximum absolute atomic E-state index is 8.22. The summed E-state index contributed by atoms with van der Waals surface area (Å²) in [5.41, 5.74) is 2.58. The molecule has 0 aliphatic carbocycles. The summed E-state index contributed by atoms with van der Waals surface area (Å²) in [6, 6.07) is 1.93. The summed E-state index contributed by atoms with van der Waals surface area (Å²) in [7, 11) is 0. The fourth-order valence-corrected chi connectivity index (χ4v) is 0.486. The van der Waals surface area contributed by atoms with Crippen molar-refractivity contribution in [2.45, 2.75) is 6.10 Å². The van der Waals surface area contributed by atoms with Crippen LogP contribution in [0.5, 0.6) is 0 Å². The summed E-state index contributed by atoms with van der Waals surface area (Å²) >= 11 is 0. The number of nitriles is 1. The first kappa shape index (κ1) is 5.29. The molecule has 3 heteroatoms. The van der Waals surface area contributed by atoms with Crippen LogP contribution in [0.1, 0.15) is 0 Å². The van der Waals surface area contributed by atoms with Gasteiger partial charge in [-0.1, -0.05) is 6.08 Å². The van der Waals surface area contributed by atoms with E-state index in [0.29, 0.717) is 6.54 Å². The molecule has 3 nitrogen and oxygen atoms in total. The molecule has 0 fully saturated rings. The summed E-state index contributed by atoms with van der Waals surface area (Å²) in [4.78, 5) is 4.73. The van der Waals surface area contributed by atoms with Gasteiger partial charge in [0, 0.05) is 6.54 Å². The summed E-state index contributed by atoms with van der Waals surface area (Å²) in [5, 5.41) is 8.22. The molecule has 0 bridgehead atoms. The number of hydrogen-bond acceptors (Lipinski definition) is 3. The van der Waals surface area contributed by atoms with Gasteiger partial charge in [0.1, 0.15) is 6.07 Å². The molecule has 1 aliphatic heterocycles. The Hall–Kier alpha value is -0.850. The van der Waals surface area contributed by atoms with Gasteiger partial charge in [-0.25, -0.2) is 0 Å². The van der Waals surface area contributed by atoms with Gasteiger partial charge in [0.2, 0.25) is 0 Å². The van der Waals surface area contributed by atoms with Crippen molar-refractivity contribution >= 4 is 0 Å². The van der Waals surface area contributed by atoms with E-state index in [1.807, 2.05) is 12.1 Å². The predicted octanol–water partition coefficient (Wildman–Crippen LogP) is -0.0304. The molecule has 0 aromatic rings.